The van der Waals surface area contributed by atoms with Gasteiger partial charge in [-0.2, -0.15) is 10.0 Å². The van der Waals surface area contributed by atoms with E-state index in [4.69, 9.17) is 11.6 Å². The number of hydrogen-bond donors (Lipinski definition) is 2. The summed E-state index contributed by atoms with van der Waals surface area (Å²) in [5.41, 5.74) is 5.16. The number of likely N-dealkylation sites (N-methyl/N-ethyl adjacent to an activating group) is 2. The first-order valence-corrected chi connectivity index (χ1v) is 9.80. The minimum absolute atomic E-state index is 0.0722. The zero-order valence-electron chi connectivity index (χ0n) is 16.9. The van der Waals surface area contributed by atoms with Gasteiger partial charge in [0.25, 0.3) is 0 Å². The van der Waals surface area contributed by atoms with E-state index in [1.165, 1.54) is 18.2 Å². The van der Waals surface area contributed by atoms with Gasteiger partial charge in [-0.15, -0.1) is 0 Å². The molecule has 9 heteroatoms. The van der Waals surface area contributed by atoms with Crippen molar-refractivity contribution in [2.75, 3.05) is 43.6 Å². The first kappa shape index (κ1) is 22.7. The van der Waals surface area contributed by atoms with Crippen LogP contribution in [0.15, 0.2) is 52.6 Å². The first-order valence-electron chi connectivity index (χ1n) is 9.42. The molecule has 29 heavy (non-hydrogen) atoms. The number of anilines is 2. The number of allylic oxidation sites excluding steroid dienone is 4. The van der Waals surface area contributed by atoms with Crippen LogP contribution in [0.2, 0.25) is 0 Å². The van der Waals surface area contributed by atoms with Crippen LogP contribution in [0.4, 0.5) is 11.4 Å². The van der Waals surface area contributed by atoms with E-state index < -0.39 is 4.90 Å². The monoisotopic (exact) mass is 420 g/mol. The molecule has 0 spiro atoms. The third-order valence-electron chi connectivity index (χ3n) is 4.39. The van der Waals surface area contributed by atoms with Gasteiger partial charge in [-0.05, 0) is 51.2 Å². The molecule has 158 valence electrons. The van der Waals surface area contributed by atoms with E-state index in [1.54, 1.807) is 6.92 Å². The largest absolute Gasteiger partial charge is 0.612 e. The molecule has 1 aromatic rings. The predicted molar refractivity (Wildman–Crippen MR) is 120 cm³/mol. The lowest BCUT2D eigenvalue weighted by atomic mass is 10.1. The number of hydrogen-bond acceptors (Lipinski definition) is 7. The molecule has 0 radical (unpaired) electrons. The molecule has 0 saturated carbocycles. The maximum atomic E-state index is 10.8. The SMILES string of the molecule is CCN(CCN(C)CC(C)O)c1ccc(NN=C2C=CC(=[N+]([O-])[O-])C=C2Cl)cc1. The maximum Gasteiger partial charge on any atom is 0.224 e. The average molecular weight is 421 g/mol. The summed E-state index contributed by atoms with van der Waals surface area (Å²) in [6.07, 6.45) is 3.81. The molecule has 1 atom stereocenters. The van der Waals surface area contributed by atoms with Crippen LogP contribution < -0.4 is 10.3 Å². The van der Waals surface area contributed by atoms with Crippen molar-refractivity contribution in [2.24, 2.45) is 5.10 Å². The molecular weight excluding hydrogens is 394 g/mol. The fourth-order valence-electron chi connectivity index (χ4n) is 2.88. The number of nitrogens with zero attached hydrogens (tertiary/aromatic N) is 4. The van der Waals surface area contributed by atoms with Gasteiger partial charge in [-0.25, -0.2) is 0 Å². The number of hydrazone groups is 1. The van der Waals surface area contributed by atoms with Gasteiger partial charge in [-0.1, -0.05) is 11.6 Å². The Hall–Kier alpha value is -2.55. The second-order valence-electron chi connectivity index (χ2n) is 6.85. The number of aliphatic hydroxyl groups is 1. The van der Waals surface area contributed by atoms with Crippen LogP contribution in [0, 0.1) is 10.4 Å². The predicted octanol–water partition coefficient (Wildman–Crippen LogP) is 2.74. The Labute approximate surface area is 176 Å². The van der Waals surface area contributed by atoms with E-state index in [0.717, 1.165) is 31.0 Å². The normalized spacial score (nSPS) is 16.1. The van der Waals surface area contributed by atoms with Crippen LogP contribution in [0.1, 0.15) is 13.8 Å². The zero-order valence-corrected chi connectivity index (χ0v) is 17.6. The average Bonchev–Trinajstić information content (AvgIpc) is 2.67. The molecule has 0 saturated heterocycles. The Morgan fingerprint density at radius 2 is 1.90 bits per heavy atom. The van der Waals surface area contributed by atoms with Crippen molar-refractivity contribution in [3.8, 4) is 0 Å². The number of nitrogens with one attached hydrogen (secondary N) is 1. The fourth-order valence-corrected chi connectivity index (χ4v) is 3.09. The lowest BCUT2D eigenvalue weighted by molar-refractivity contribution is -0.377. The van der Waals surface area contributed by atoms with E-state index >= 15 is 0 Å². The van der Waals surface area contributed by atoms with E-state index in [9.17, 15) is 15.5 Å². The van der Waals surface area contributed by atoms with Crippen molar-refractivity contribution < 1.29 is 10.0 Å². The van der Waals surface area contributed by atoms with Gasteiger partial charge in [0.2, 0.25) is 5.71 Å². The van der Waals surface area contributed by atoms with Gasteiger partial charge < -0.3 is 25.3 Å². The van der Waals surface area contributed by atoms with E-state index in [1.807, 2.05) is 31.3 Å². The van der Waals surface area contributed by atoms with Gasteiger partial charge >= 0.3 is 0 Å². The highest BCUT2D eigenvalue weighted by Gasteiger charge is 2.12. The molecule has 0 aliphatic heterocycles. The maximum absolute atomic E-state index is 10.8. The lowest BCUT2D eigenvalue weighted by Gasteiger charge is -2.27. The minimum atomic E-state index is -0.497. The van der Waals surface area contributed by atoms with Crippen LogP contribution >= 0.6 is 11.6 Å². The fraction of sp³-hybridized carbons (Fsp3) is 0.400. The van der Waals surface area contributed by atoms with Crippen molar-refractivity contribution in [3.63, 3.8) is 0 Å². The van der Waals surface area contributed by atoms with Crippen LogP contribution in [-0.4, -0.2) is 65.7 Å². The van der Waals surface area contributed by atoms with Crippen LogP contribution in [0.25, 0.3) is 0 Å². The summed E-state index contributed by atoms with van der Waals surface area (Å²) in [5.74, 6) is 0. The Morgan fingerprint density at radius 1 is 1.21 bits per heavy atom. The second kappa shape index (κ2) is 10.8. The van der Waals surface area contributed by atoms with Crippen molar-refractivity contribution >= 4 is 34.4 Å². The van der Waals surface area contributed by atoms with Gasteiger partial charge in [-0.3, -0.25) is 5.43 Å². The summed E-state index contributed by atoms with van der Waals surface area (Å²) in [6, 6.07) is 7.85. The van der Waals surface area contributed by atoms with Crippen molar-refractivity contribution in [3.05, 3.63) is 57.9 Å². The van der Waals surface area contributed by atoms with Crippen molar-refractivity contribution in [1.29, 1.82) is 0 Å². The highest BCUT2D eigenvalue weighted by molar-refractivity contribution is 6.48. The summed E-state index contributed by atoms with van der Waals surface area (Å²) >= 11 is 6.05. The quantitative estimate of drug-likeness (QED) is 0.362. The molecular formula is C20H27ClN5O3-. The molecule has 2 N–H and O–H groups in total. The number of rotatable bonds is 9. The summed E-state index contributed by atoms with van der Waals surface area (Å²) in [7, 11) is 2.00. The highest BCUT2D eigenvalue weighted by Crippen LogP contribution is 2.19. The Morgan fingerprint density at radius 3 is 2.45 bits per heavy atom. The molecule has 0 heterocycles. The van der Waals surface area contributed by atoms with Crippen LogP contribution in [-0.2, 0) is 0 Å². The molecule has 0 amide bonds. The van der Waals surface area contributed by atoms with E-state index in [0.29, 0.717) is 12.3 Å². The summed E-state index contributed by atoms with van der Waals surface area (Å²) in [5, 5.41) is 35.4. The summed E-state index contributed by atoms with van der Waals surface area (Å²) in [6.45, 7) is 7.12. The van der Waals surface area contributed by atoms with Crippen molar-refractivity contribution in [1.82, 2.24) is 4.90 Å². The zero-order chi connectivity index (χ0) is 21.4. The second-order valence-corrected chi connectivity index (χ2v) is 7.26. The minimum Gasteiger partial charge on any atom is -0.612 e. The molecule has 1 aliphatic rings. The van der Waals surface area contributed by atoms with Crippen LogP contribution in [0.5, 0.6) is 0 Å². The Bertz CT molecular complexity index is 799. The van der Waals surface area contributed by atoms with E-state index in [2.05, 4.69) is 27.3 Å². The Kier molecular flexibility index (Phi) is 8.50. The first-order chi connectivity index (χ1) is 13.8. The molecule has 0 aromatic heterocycles. The summed E-state index contributed by atoms with van der Waals surface area (Å²) < 4.78 is 0. The van der Waals surface area contributed by atoms with E-state index in [-0.39, 0.29) is 16.8 Å². The van der Waals surface area contributed by atoms with Gasteiger partial charge in [0.1, 0.15) is 5.71 Å². The molecule has 1 aliphatic carbocycles. The molecule has 8 nitrogen and oxygen atoms in total. The standard InChI is InChI=1S/C20H27ClN5O3/c1-4-25(12-11-24(3)14-15(2)27)17-7-5-16(6-8-17)22-23-20-10-9-18(26(28)29)13-19(20)21/h5-10,13,15,22,27H,4,11-12,14H2,1-3H3/q-1. The molecule has 1 unspecified atom stereocenters. The number of aliphatic hydroxyl groups excluding tert-OH is 1. The third kappa shape index (κ3) is 7.08. The Balaban J connectivity index is 1.96. The van der Waals surface area contributed by atoms with Gasteiger partial charge in [0.15, 0.2) is 0 Å². The smallest absolute Gasteiger partial charge is 0.224 e. The summed E-state index contributed by atoms with van der Waals surface area (Å²) in [4.78, 5) is 3.87. The lowest BCUT2D eigenvalue weighted by Crippen LogP contribution is -2.36. The van der Waals surface area contributed by atoms with Gasteiger partial charge in [0.05, 0.1) is 16.8 Å². The topological polar surface area (TPSA) is 100 Å². The third-order valence-corrected chi connectivity index (χ3v) is 4.69. The number of benzene rings is 1. The molecule has 2 rings (SSSR count). The highest BCUT2D eigenvalue weighted by atomic mass is 35.5. The molecule has 0 fully saturated rings. The van der Waals surface area contributed by atoms with Gasteiger partial charge in [0, 0.05) is 44.0 Å². The van der Waals surface area contributed by atoms with Crippen molar-refractivity contribution in [2.45, 2.75) is 20.0 Å². The molecule has 0 bridgehead atoms. The molecule has 1 aromatic carbocycles. The number of halogens is 1. The van der Waals surface area contributed by atoms with Crippen LogP contribution in [0.3, 0.4) is 0 Å².